The van der Waals surface area contributed by atoms with Crippen molar-refractivity contribution in [3.63, 3.8) is 0 Å². The number of hydrogen-bond acceptors (Lipinski definition) is 8. The van der Waals surface area contributed by atoms with Gasteiger partial charge in [-0.1, -0.05) is 39.0 Å². The van der Waals surface area contributed by atoms with Gasteiger partial charge in [-0.15, -0.1) is 0 Å². The molecule has 0 radical (unpaired) electrons. The Morgan fingerprint density at radius 1 is 1.20 bits per heavy atom. The Hall–Kier alpha value is -3.38. The van der Waals surface area contributed by atoms with Crippen molar-refractivity contribution in [2.24, 2.45) is 29.1 Å². The van der Waals surface area contributed by atoms with Crippen molar-refractivity contribution < 1.29 is 29.6 Å². The lowest BCUT2D eigenvalue weighted by Crippen LogP contribution is -2.62. The van der Waals surface area contributed by atoms with Crippen LogP contribution in [0.5, 0.6) is 0 Å². The number of hydrogen-bond donors (Lipinski definition) is 3. The fraction of sp³-hybridized carbons (Fsp3) is 0.576. The number of fused-ring (bicyclic) bond motifs is 2. The van der Waals surface area contributed by atoms with Gasteiger partial charge in [-0.05, 0) is 72.3 Å². The fourth-order valence-corrected chi connectivity index (χ4v) is 7.82. The summed E-state index contributed by atoms with van der Waals surface area (Å²) >= 11 is 0. The summed E-state index contributed by atoms with van der Waals surface area (Å²) in [7, 11) is 3.17. The Kier molecular flexibility index (Phi) is 8.87. The molecule has 3 saturated carbocycles. The number of carbonyl (C=O) groups is 2. The maximum atomic E-state index is 13.9. The Balaban J connectivity index is 1.40. The summed E-state index contributed by atoms with van der Waals surface area (Å²) in [6.07, 6.45) is 0.409. The van der Waals surface area contributed by atoms with Crippen LogP contribution < -0.4 is 5.32 Å². The van der Waals surface area contributed by atoms with Crippen molar-refractivity contribution in [1.82, 2.24) is 15.3 Å². The molecule has 11 heteroatoms. The first kappa shape index (κ1) is 32.0. The van der Waals surface area contributed by atoms with Gasteiger partial charge in [0.15, 0.2) is 0 Å². The molecule has 4 fully saturated rings. The van der Waals surface area contributed by atoms with Gasteiger partial charge >= 0.3 is 0 Å². The van der Waals surface area contributed by atoms with E-state index in [1.807, 2.05) is 6.07 Å². The normalized spacial score (nSPS) is 29.9. The first-order valence-electron chi connectivity index (χ1n) is 15.4. The fourth-order valence-electron chi connectivity index (χ4n) is 7.82. The zero-order valence-electron chi connectivity index (χ0n) is 26.3. The first-order valence-corrected chi connectivity index (χ1v) is 15.4. The Morgan fingerprint density at radius 2 is 1.93 bits per heavy atom. The minimum Gasteiger partial charge on any atom is -0.394 e. The van der Waals surface area contributed by atoms with Crippen LogP contribution in [0.25, 0.3) is 11.1 Å². The van der Waals surface area contributed by atoms with Gasteiger partial charge in [0.05, 0.1) is 29.7 Å². The van der Waals surface area contributed by atoms with Gasteiger partial charge < -0.3 is 20.4 Å². The number of nitrogens with one attached hydrogen (secondary N) is 1. The van der Waals surface area contributed by atoms with Crippen LogP contribution in [0.4, 0.5) is 5.69 Å². The largest absolute Gasteiger partial charge is 0.394 e. The van der Waals surface area contributed by atoms with Crippen LogP contribution in [0, 0.1) is 39.2 Å². The SMILES string of the molecule is C[C@@H]1[C@@H](NC(=O)[C@@H]2[C@H]([C@H](C)O)[C@H](CO)ON2Cc2cccc(-c3ccc(C(=O)N(C)C)cc3[N+](=O)[O-])c2)C[C@H]2C[C@@H]1C2(C)C. The second kappa shape index (κ2) is 12.2. The van der Waals surface area contributed by atoms with E-state index in [1.165, 1.54) is 22.5 Å². The standard InChI is InChI=1S/C33H44N4O7/c1-18-25-14-23(33(25,3)4)15-26(18)34-31(40)30-29(19(2)39)28(17-38)44-36(30)16-20-8-7-9-21(12-20)24-11-10-22(32(41)35(5)6)13-27(24)37(42)43/h7-13,18-19,23,25-26,28-30,38-39H,14-17H2,1-6H3,(H,34,40)/t18-,19-,23+,25-,26-,28-,29+,30-/m0/s1. The number of aliphatic hydroxyl groups excluding tert-OH is 2. The minimum absolute atomic E-state index is 0.0233. The number of nitro benzene ring substituents is 1. The molecule has 2 bridgehead atoms. The molecule has 0 unspecified atom stereocenters. The van der Waals surface area contributed by atoms with Gasteiger partial charge in [-0.3, -0.25) is 24.5 Å². The van der Waals surface area contributed by atoms with E-state index in [2.05, 4.69) is 26.1 Å². The third kappa shape index (κ3) is 5.74. The molecule has 6 rings (SSSR count). The molecule has 3 N–H and O–H groups in total. The van der Waals surface area contributed by atoms with Crippen LogP contribution in [-0.2, 0) is 16.2 Å². The average Bonchev–Trinajstić information content (AvgIpc) is 3.35. The van der Waals surface area contributed by atoms with E-state index in [1.54, 1.807) is 51.4 Å². The molecule has 1 heterocycles. The summed E-state index contributed by atoms with van der Waals surface area (Å²) in [5.41, 5.74) is 1.94. The van der Waals surface area contributed by atoms with Crippen LogP contribution in [0.1, 0.15) is 56.5 Å². The molecule has 0 spiro atoms. The lowest BCUT2D eigenvalue weighted by Gasteiger charge is -2.62. The van der Waals surface area contributed by atoms with Gasteiger partial charge in [-0.2, -0.15) is 5.06 Å². The summed E-state index contributed by atoms with van der Waals surface area (Å²) in [4.78, 5) is 45.3. The zero-order valence-corrected chi connectivity index (χ0v) is 26.3. The van der Waals surface area contributed by atoms with E-state index < -0.39 is 29.1 Å². The monoisotopic (exact) mass is 608 g/mol. The molecule has 0 aromatic heterocycles. The lowest BCUT2D eigenvalue weighted by molar-refractivity contribution is -0.384. The number of nitrogens with zero attached hydrogens (tertiary/aromatic N) is 3. The maximum absolute atomic E-state index is 13.9. The number of benzene rings is 2. The quantitative estimate of drug-likeness (QED) is 0.289. The molecule has 8 atom stereocenters. The van der Waals surface area contributed by atoms with E-state index in [9.17, 15) is 29.9 Å². The van der Waals surface area contributed by atoms with Crippen molar-refractivity contribution >= 4 is 17.5 Å². The van der Waals surface area contributed by atoms with Crippen LogP contribution in [-0.4, -0.2) is 81.9 Å². The molecule has 11 nitrogen and oxygen atoms in total. The van der Waals surface area contributed by atoms with Crippen LogP contribution in [0.15, 0.2) is 42.5 Å². The first-order chi connectivity index (χ1) is 20.7. The number of nitro groups is 1. The smallest absolute Gasteiger partial charge is 0.277 e. The Morgan fingerprint density at radius 3 is 2.52 bits per heavy atom. The summed E-state index contributed by atoms with van der Waals surface area (Å²) < 4.78 is 0. The summed E-state index contributed by atoms with van der Waals surface area (Å²) in [5.74, 6) is 0.192. The van der Waals surface area contributed by atoms with E-state index in [-0.39, 0.29) is 47.7 Å². The summed E-state index contributed by atoms with van der Waals surface area (Å²) in [5, 5.41) is 37.6. The third-order valence-corrected chi connectivity index (χ3v) is 10.5. The average molecular weight is 609 g/mol. The molecular formula is C33H44N4O7. The minimum atomic E-state index is -0.915. The number of rotatable bonds is 9. The van der Waals surface area contributed by atoms with Gasteiger partial charge in [0, 0.05) is 37.7 Å². The predicted octanol–water partition coefficient (Wildman–Crippen LogP) is 3.62. The van der Waals surface area contributed by atoms with Crippen molar-refractivity contribution in [2.45, 2.75) is 71.4 Å². The molecule has 238 valence electrons. The number of hydroxylamine groups is 2. The molecule has 3 aliphatic carbocycles. The number of aliphatic hydroxyl groups is 2. The van der Waals surface area contributed by atoms with E-state index in [0.29, 0.717) is 28.9 Å². The Bertz CT molecular complexity index is 1430. The van der Waals surface area contributed by atoms with Gasteiger partial charge in [0.1, 0.15) is 12.1 Å². The van der Waals surface area contributed by atoms with Crippen LogP contribution in [0.2, 0.25) is 0 Å². The molecule has 2 aromatic rings. The van der Waals surface area contributed by atoms with Crippen molar-refractivity contribution in [1.29, 1.82) is 0 Å². The van der Waals surface area contributed by atoms with E-state index >= 15 is 0 Å². The second-order valence-electron chi connectivity index (χ2n) is 13.6. The zero-order chi connectivity index (χ0) is 32.1. The van der Waals surface area contributed by atoms with Crippen LogP contribution in [0.3, 0.4) is 0 Å². The Labute approximate surface area is 258 Å². The molecule has 1 aliphatic heterocycles. The summed E-state index contributed by atoms with van der Waals surface area (Å²) in [6, 6.07) is 10.7. The number of amides is 2. The summed E-state index contributed by atoms with van der Waals surface area (Å²) in [6.45, 7) is 8.20. The number of carbonyl (C=O) groups excluding carboxylic acids is 2. The van der Waals surface area contributed by atoms with E-state index in [0.717, 1.165) is 12.0 Å². The molecule has 44 heavy (non-hydrogen) atoms. The molecule has 1 saturated heterocycles. The maximum Gasteiger partial charge on any atom is 0.277 e. The highest BCUT2D eigenvalue weighted by molar-refractivity contribution is 5.95. The lowest BCUT2D eigenvalue weighted by atomic mass is 9.45. The van der Waals surface area contributed by atoms with Crippen molar-refractivity contribution in [3.8, 4) is 11.1 Å². The van der Waals surface area contributed by atoms with Gasteiger partial charge in [0.25, 0.3) is 11.6 Å². The molecule has 4 aliphatic rings. The van der Waals surface area contributed by atoms with Crippen molar-refractivity contribution in [3.05, 3.63) is 63.7 Å². The molecule has 2 amide bonds. The van der Waals surface area contributed by atoms with Crippen LogP contribution >= 0.6 is 0 Å². The molecular weight excluding hydrogens is 564 g/mol. The second-order valence-corrected chi connectivity index (χ2v) is 13.6. The highest BCUT2D eigenvalue weighted by Gasteiger charge is 2.57. The van der Waals surface area contributed by atoms with Gasteiger partial charge in [-0.25, -0.2) is 0 Å². The third-order valence-electron chi connectivity index (χ3n) is 10.5. The highest BCUT2D eigenvalue weighted by atomic mass is 16.7. The van der Waals surface area contributed by atoms with E-state index in [4.69, 9.17) is 4.84 Å². The topological polar surface area (TPSA) is 145 Å². The van der Waals surface area contributed by atoms with Crippen molar-refractivity contribution in [2.75, 3.05) is 20.7 Å². The van der Waals surface area contributed by atoms with Gasteiger partial charge in [0.2, 0.25) is 5.91 Å². The molecule has 2 aromatic carbocycles. The predicted molar refractivity (Wildman–Crippen MR) is 164 cm³/mol. The highest BCUT2D eigenvalue weighted by Crippen LogP contribution is 2.61.